The van der Waals surface area contributed by atoms with Gasteiger partial charge >= 0.3 is 0 Å². The Labute approximate surface area is 167 Å². The lowest BCUT2D eigenvalue weighted by Gasteiger charge is -2.35. The summed E-state index contributed by atoms with van der Waals surface area (Å²) in [7, 11) is 0. The van der Waals surface area contributed by atoms with Gasteiger partial charge in [0.25, 0.3) is 11.8 Å². The second-order valence-corrected chi connectivity index (χ2v) is 6.67. The summed E-state index contributed by atoms with van der Waals surface area (Å²) in [6.45, 7) is 4.24. The average Bonchev–Trinajstić information content (AvgIpc) is 3.18. The molecule has 0 spiro atoms. The summed E-state index contributed by atoms with van der Waals surface area (Å²) < 4.78 is 4.94. The first-order valence-electron chi connectivity index (χ1n) is 9.26. The van der Waals surface area contributed by atoms with Crippen LogP contribution in [0, 0.1) is 6.92 Å². The number of aryl methyl sites for hydroxylation is 1. The van der Waals surface area contributed by atoms with Crippen molar-refractivity contribution in [3.63, 3.8) is 0 Å². The number of carbonyl (C=O) groups is 2. The molecule has 9 heteroatoms. The highest BCUT2D eigenvalue weighted by atomic mass is 16.5. The number of rotatable bonds is 4. The van der Waals surface area contributed by atoms with E-state index in [9.17, 15) is 9.59 Å². The SMILES string of the molecule is Cc1cc(NC(=O)c2ccnc(C(=O)N3CCN(c4ccccn4)CC3)c2)no1. The van der Waals surface area contributed by atoms with Crippen molar-refractivity contribution in [1.82, 2.24) is 20.0 Å². The number of carbonyl (C=O) groups excluding carboxylic acids is 2. The fourth-order valence-electron chi connectivity index (χ4n) is 3.14. The molecule has 3 aromatic rings. The first kappa shape index (κ1) is 18.6. The van der Waals surface area contributed by atoms with Crippen LogP contribution in [0.25, 0.3) is 0 Å². The standard InChI is InChI=1S/C20H20N6O3/c1-14-12-17(24-29-14)23-19(27)15-5-7-21-16(13-15)20(28)26-10-8-25(9-11-26)18-4-2-3-6-22-18/h2-7,12-13H,8-11H2,1H3,(H,23,24,27). The zero-order valence-corrected chi connectivity index (χ0v) is 15.9. The van der Waals surface area contributed by atoms with E-state index in [1.807, 2.05) is 18.2 Å². The van der Waals surface area contributed by atoms with Crippen LogP contribution in [0.5, 0.6) is 0 Å². The number of hydrogen-bond donors (Lipinski definition) is 1. The van der Waals surface area contributed by atoms with E-state index in [-0.39, 0.29) is 17.5 Å². The van der Waals surface area contributed by atoms with Crippen LogP contribution in [0.3, 0.4) is 0 Å². The Bertz CT molecular complexity index is 1010. The Morgan fingerprint density at radius 3 is 2.55 bits per heavy atom. The lowest BCUT2D eigenvalue weighted by atomic mass is 10.2. The molecular formula is C20H20N6O3. The van der Waals surface area contributed by atoms with Gasteiger partial charge in [0, 0.05) is 50.2 Å². The molecule has 0 aliphatic carbocycles. The molecule has 1 saturated heterocycles. The van der Waals surface area contributed by atoms with Crippen LogP contribution < -0.4 is 10.2 Å². The van der Waals surface area contributed by atoms with Gasteiger partial charge in [0.1, 0.15) is 17.3 Å². The van der Waals surface area contributed by atoms with Crippen molar-refractivity contribution in [2.75, 3.05) is 36.4 Å². The highest BCUT2D eigenvalue weighted by Gasteiger charge is 2.24. The molecule has 2 amide bonds. The third-order valence-electron chi connectivity index (χ3n) is 4.65. The topological polar surface area (TPSA) is 104 Å². The molecule has 3 aromatic heterocycles. The maximum absolute atomic E-state index is 12.8. The predicted molar refractivity (Wildman–Crippen MR) is 106 cm³/mol. The van der Waals surface area contributed by atoms with E-state index in [0.717, 1.165) is 5.82 Å². The summed E-state index contributed by atoms with van der Waals surface area (Å²) in [4.78, 5) is 37.7. The van der Waals surface area contributed by atoms with Crippen molar-refractivity contribution in [1.29, 1.82) is 0 Å². The van der Waals surface area contributed by atoms with Gasteiger partial charge in [-0.1, -0.05) is 11.2 Å². The first-order chi connectivity index (χ1) is 14.1. The number of piperazine rings is 1. The Kier molecular flexibility index (Phi) is 5.19. The third kappa shape index (κ3) is 4.23. The maximum Gasteiger partial charge on any atom is 0.272 e. The summed E-state index contributed by atoms with van der Waals surface area (Å²) in [6, 6.07) is 10.4. The van der Waals surface area contributed by atoms with Crippen molar-refractivity contribution >= 4 is 23.5 Å². The van der Waals surface area contributed by atoms with E-state index in [4.69, 9.17) is 4.52 Å². The van der Waals surface area contributed by atoms with Gasteiger partial charge in [0.2, 0.25) is 0 Å². The van der Waals surface area contributed by atoms with Gasteiger partial charge in [-0.15, -0.1) is 0 Å². The second kappa shape index (κ2) is 8.09. The van der Waals surface area contributed by atoms with Gasteiger partial charge < -0.3 is 19.6 Å². The van der Waals surface area contributed by atoms with E-state index in [1.54, 1.807) is 30.2 Å². The number of aromatic nitrogens is 3. The molecule has 0 aromatic carbocycles. The molecule has 0 atom stereocenters. The van der Waals surface area contributed by atoms with Crippen LogP contribution in [0.4, 0.5) is 11.6 Å². The quantitative estimate of drug-likeness (QED) is 0.724. The second-order valence-electron chi connectivity index (χ2n) is 6.67. The number of nitrogens with one attached hydrogen (secondary N) is 1. The lowest BCUT2D eigenvalue weighted by Crippen LogP contribution is -2.49. The smallest absolute Gasteiger partial charge is 0.272 e. The average molecular weight is 392 g/mol. The van der Waals surface area contributed by atoms with E-state index < -0.39 is 0 Å². The highest BCUT2D eigenvalue weighted by molar-refractivity contribution is 6.05. The Hall–Kier alpha value is -3.75. The number of amides is 2. The van der Waals surface area contributed by atoms with Gasteiger partial charge in [0.05, 0.1) is 0 Å². The molecule has 0 radical (unpaired) electrons. The summed E-state index contributed by atoms with van der Waals surface area (Å²) in [6.07, 6.45) is 3.22. The Morgan fingerprint density at radius 1 is 1.03 bits per heavy atom. The molecule has 1 aliphatic rings. The molecule has 4 heterocycles. The normalized spacial score (nSPS) is 14.0. The fraction of sp³-hybridized carbons (Fsp3) is 0.250. The largest absolute Gasteiger partial charge is 0.360 e. The van der Waals surface area contributed by atoms with Crippen LogP contribution in [-0.2, 0) is 0 Å². The lowest BCUT2D eigenvalue weighted by molar-refractivity contribution is 0.0740. The molecule has 1 aliphatic heterocycles. The minimum absolute atomic E-state index is 0.197. The van der Waals surface area contributed by atoms with E-state index >= 15 is 0 Å². The van der Waals surface area contributed by atoms with Gasteiger partial charge in [-0.25, -0.2) is 4.98 Å². The fourth-order valence-corrected chi connectivity index (χ4v) is 3.14. The first-order valence-corrected chi connectivity index (χ1v) is 9.26. The van der Waals surface area contributed by atoms with Crippen molar-refractivity contribution in [2.45, 2.75) is 6.92 Å². The van der Waals surface area contributed by atoms with Crippen LogP contribution in [0.2, 0.25) is 0 Å². The predicted octanol–water partition coefficient (Wildman–Crippen LogP) is 1.99. The Balaban J connectivity index is 1.40. The van der Waals surface area contributed by atoms with E-state index in [0.29, 0.717) is 43.3 Å². The van der Waals surface area contributed by atoms with Crippen molar-refractivity contribution in [3.05, 3.63) is 65.8 Å². The van der Waals surface area contributed by atoms with Crippen molar-refractivity contribution < 1.29 is 14.1 Å². The van der Waals surface area contributed by atoms with Gasteiger partial charge in [-0.3, -0.25) is 14.6 Å². The molecular weight excluding hydrogens is 372 g/mol. The summed E-state index contributed by atoms with van der Waals surface area (Å²) in [5.41, 5.74) is 0.566. The molecule has 9 nitrogen and oxygen atoms in total. The number of hydrogen-bond acceptors (Lipinski definition) is 7. The third-order valence-corrected chi connectivity index (χ3v) is 4.65. The van der Waals surface area contributed by atoms with E-state index in [1.165, 1.54) is 12.3 Å². The molecule has 29 heavy (non-hydrogen) atoms. The summed E-state index contributed by atoms with van der Waals surface area (Å²) >= 11 is 0. The minimum Gasteiger partial charge on any atom is -0.360 e. The monoisotopic (exact) mass is 392 g/mol. The molecule has 0 bridgehead atoms. The molecule has 0 unspecified atom stereocenters. The molecule has 1 fully saturated rings. The zero-order valence-electron chi connectivity index (χ0n) is 15.9. The molecule has 1 N–H and O–H groups in total. The van der Waals surface area contributed by atoms with Gasteiger partial charge in [-0.2, -0.15) is 0 Å². The van der Waals surface area contributed by atoms with Gasteiger partial charge in [-0.05, 0) is 31.2 Å². The van der Waals surface area contributed by atoms with Crippen LogP contribution >= 0.6 is 0 Å². The molecule has 0 saturated carbocycles. The van der Waals surface area contributed by atoms with Gasteiger partial charge in [0.15, 0.2) is 5.82 Å². The van der Waals surface area contributed by atoms with Crippen molar-refractivity contribution in [2.24, 2.45) is 0 Å². The minimum atomic E-state index is -0.380. The highest BCUT2D eigenvalue weighted by Crippen LogP contribution is 2.15. The number of pyridine rings is 2. The Morgan fingerprint density at radius 2 is 1.86 bits per heavy atom. The zero-order chi connectivity index (χ0) is 20.2. The molecule has 4 rings (SSSR count). The summed E-state index contributed by atoms with van der Waals surface area (Å²) in [5, 5.41) is 6.38. The maximum atomic E-state index is 12.8. The summed E-state index contributed by atoms with van der Waals surface area (Å²) in [5.74, 6) is 1.24. The van der Waals surface area contributed by atoms with Crippen LogP contribution in [-0.4, -0.2) is 58.0 Å². The molecule has 148 valence electrons. The van der Waals surface area contributed by atoms with E-state index in [2.05, 4.69) is 25.3 Å². The number of nitrogens with zero attached hydrogens (tertiary/aromatic N) is 5. The van der Waals surface area contributed by atoms with Crippen LogP contribution in [0.15, 0.2) is 53.3 Å². The van der Waals surface area contributed by atoms with Crippen LogP contribution in [0.1, 0.15) is 26.6 Å². The van der Waals surface area contributed by atoms with Crippen molar-refractivity contribution in [3.8, 4) is 0 Å². The number of anilines is 2.